The first-order valence-corrected chi connectivity index (χ1v) is 9.57. The van der Waals surface area contributed by atoms with Crippen molar-refractivity contribution < 1.29 is 27.1 Å². The molecule has 0 aromatic rings. The van der Waals surface area contributed by atoms with Crippen molar-refractivity contribution in [1.82, 2.24) is 0 Å². The van der Waals surface area contributed by atoms with E-state index in [0.29, 0.717) is 0 Å². The molecule has 0 saturated heterocycles. The summed E-state index contributed by atoms with van der Waals surface area (Å²) in [6, 6.07) is 0. The zero-order valence-electron chi connectivity index (χ0n) is 11.4. The lowest BCUT2D eigenvalue weighted by Gasteiger charge is -2.29. The molecule has 1 heterocycles. The summed E-state index contributed by atoms with van der Waals surface area (Å²) in [6.07, 6.45) is 1.19. The first-order chi connectivity index (χ1) is 8.99. The van der Waals surface area contributed by atoms with Gasteiger partial charge in [-0.3, -0.25) is 0 Å². The molecule has 0 aliphatic carbocycles. The monoisotopic (exact) mass is 333 g/mol. The summed E-state index contributed by atoms with van der Waals surface area (Å²) in [5.41, 5.74) is 0. The topological polar surface area (TPSA) is 92.5 Å². The fourth-order valence-electron chi connectivity index (χ4n) is 1.18. The van der Waals surface area contributed by atoms with Crippen LogP contribution in [0.4, 0.5) is 0 Å². The SMILES string of the molecule is C=COP1(OC)=NP(OC)(OC)=NP(OC)(OC)=N1. The molecule has 1 aliphatic heterocycles. The summed E-state index contributed by atoms with van der Waals surface area (Å²) < 4.78 is 44.6. The van der Waals surface area contributed by atoms with Crippen LogP contribution in [0.2, 0.25) is 0 Å². The van der Waals surface area contributed by atoms with E-state index in [-0.39, 0.29) is 0 Å². The highest BCUT2D eigenvalue weighted by molar-refractivity contribution is 7.78. The van der Waals surface area contributed by atoms with Gasteiger partial charge in [0.2, 0.25) is 0 Å². The maximum Gasteiger partial charge on any atom is 0.401 e. The van der Waals surface area contributed by atoms with Crippen molar-refractivity contribution in [2.45, 2.75) is 0 Å². The van der Waals surface area contributed by atoms with Crippen molar-refractivity contribution in [3.8, 4) is 0 Å². The summed E-state index contributed by atoms with van der Waals surface area (Å²) in [5.74, 6) is 0. The number of hydrogen-bond donors (Lipinski definition) is 0. The van der Waals surface area contributed by atoms with E-state index >= 15 is 0 Å². The first kappa shape index (κ1) is 17.1. The van der Waals surface area contributed by atoms with Gasteiger partial charge in [-0.05, 0) is 0 Å². The highest BCUT2D eigenvalue weighted by Gasteiger charge is 2.40. The molecule has 9 nitrogen and oxygen atoms in total. The van der Waals surface area contributed by atoms with Crippen LogP contribution in [-0.4, -0.2) is 35.5 Å². The Hall–Kier alpha value is 0.0300. The van der Waals surface area contributed by atoms with E-state index in [1.807, 2.05) is 0 Å². The highest BCUT2D eigenvalue weighted by Crippen LogP contribution is 2.79. The molecule has 0 spiro atoms. The maximum atomic E-state index is 5.33. The van der Waals surface area contributed by atoms with Gasteiger partial charge in [-0.15, -0.1) is 13.5 Å². The lowest BCUT2D eigenvalue weighted by atomic mass is 11.2. The molecule has 0 bridgehead atoms. The van der Waals surface area contributed by atoms with Crippen LogP contribution < -0.4 is 0 Å². The number of rotatable bonds is 7. The molecular formula is C7H18N3O6P3. The van der Waals surface area contributed by atoms with Gasteiger partial charge in [-0.25, -0.2) is 0 Å². The van der Waals surface area contributed by atoms with Gasteiger partial charge in [0, 0.05) is 35.5 Å². The molecule has 1 aliphatic rings. The van der Waals surface area contributed by atoms with E-state index < -0.39 is 23.0 Å². The third kappa shape index (κ3) is 3.38. The Bertz CT molecular complexity index is 477. The standard InChI is InChI=1S/C7H18N3O6P3/c1-7-16-19(15-6)9-17(11-2,12-3)8-18(10-19,13-4)14-5/h7H,1H2,2-6H3. The fraction of sp³-hybridized carbons (Fsp3) is 0.714. The summed E-state index contributed by atoms with van der Waals surface area (Å²) in [5, 5.41) is 0. The molecule has 0 N–H and O–H groups in total. The zero-order valence-corrected chi connectivity index (χ0v) is 14.1. The molecule has 0 aromatic carbocycles. The van der Waals surface area contributed by atoms with Gasteiger partial charge in [-0.2, -0.15) is 0 Å². The minimum absolute atomic E-state index is 1.19. The Labute approximate surface area is 113 Å². The Kier molecular flexibility index (Phi) is 5.98. The van der Waals surface area contributed by atoms with E-state index in [4.69, 9.17) is 27.1 Å². The Balaban J connectivity index is 3.65. The van der Waals surface area contributed by atoms with Crippen LogP contribution in [0.3, 0.4) is 0 Å². The normalized spacial score (nSPS) is 27.6. The maximum absolute atomic E-state index is 5.33. The summed E-state index contributed by atoms with van der Waals surface area (Å²) in [4.78, 5) is 0. The predicted molar refractivity (Wildman–Crippen MR) is 74.4 cm³/mol. The summed E-state index contributed by atoms with van der Waals surface area (Å²) in [7, 11) is -1.87. The predicted octanol–water partition coefficient (Wildman–Crippen LogP) is 4.23. The van der Waals surface area contributed by atoms with Gasteiger partial charge in [0.1, 0.15) is 0 Å². The minimum atomic E-state index is -3.04. The second kappa shape index (κ2) is 6.66. The molecule has 0 amide bonds. The average Bonchev–Trinajstić information content (AvgIpc) is 2.47. The van der Waals surface area contributed by atoms with Gasteiger partial charge < -0.3 is 27.1 Å². The van der Waals surface area contributed by atoms with Crippen molar-refractivity contribution in [1.29, 1.82) is 0 Å². The van der Waals surface area contributed by atoms with Crippen LogP contribution in [0.5, 0.6) is 0 Å². The van der Waals surface area contributed by atoms with Crippen LogP contribution >= 0.6 is 23.0 Å². The third-order valence-electron chi connectivity index (χ3n) is 2.08. The van der Waals surface area contributed by atoms with Crippen LogP contribution in [0, 0.1) is 0 Å². The molecule has 0 aromatic heterocycles. The Morgan fingerprint density at radius 1 is 0.684 bits per heavy atom. The molecule has 1 rings (SSSR count). The third-order valence-corrected chi connectivity index (χ3v) is 10.3. The molecule has 12 heteroatoms. The van der Waals surface area contributed by atoms with Gasteiger partial charge >= 0.3 is 23.0 Å². The molecular weight excluding hydrogens is 315 g/mol. The summed E-state index contributed by atoms with van der Waals surface area (Å²) in [6.45, 7) is 3.48. The smallest absolute Gasteiger partial charge is 0.401 e. The van der Waals surface area contributed by atoms with E-state index in [0.717, 1.165) is 0 Å². The molecule has 19 heavy (non-hydrogen) atoms. The van der Waals surface area contributed by atoms with Gasteiger partial charge in [0.05, 0.1) is 6.26 Å². The van der Waals surface area contributed by atoms with Gasteiger partial charge in [0.15, 0.2) is 0 Å². The van der Waals surface area contributed by atoms with E-state index in [1.54, 1.807) is 0 Å². The van der Waals surface area contributed by atoms with Crippen molar-refractivity contribution in [3.05, 3.63) is 12.8 Å². The molecule has 1 unspecified atom stereocenters. The molecule has 0 saturated carbocycles. The Morgan fingerprint density at radius 3 is 1.32 bits per heavy atom. The van der Waals surface area contributed by atoms with E-state index in [2.05, 4.69) is 20.1 Å². The highest BCUT2D eigenvalue weighted by atomic mass is 31.3. The van der Waals surface area contributed by atoms with E-state index in [9.17, 15) is 0 Å². The average molecular weight is 333 g/mol. The minimum Gasteiger partial charge on any atom is -0.431 e. The van der Waals surface area contributed by atoms with Gasteiger partial charge in [0.25, 0.3) is 0 Å². The summed E-state index contributed by atoms with van der Waals surface area (Å²) >= 11 is 0. The van der Waals surface area contributed by atoms with Crippen LogP contribution in [-0.2, 0) is 27.1 Å². The molecule has 112 valence electrons. The fourth-order valence-corrected chi connectivity index (χ4v) is 9.84. The van der Waals surface area contributed by atoms with Crippen LogP contribution in [0.1, 0.15) is 0 Å². The lowest BCUT2D eigenvalue weighted by Crippen LogP contribution is -1.97. The van der Waals surface area contributed by atoms with Crippen LogP contribution in [0.15, 0.2) is 26.4 Å². The van der Waals surface area contributed by atoms with Crippen molar-refractivity contribution in [3.63, 3.8) is 0 Å². The Morgan fingerprint density at radius 2 is 1.00 bits per heavy atom. The van der Waals surface area contributed by atoms with Crippen molar-refractivity contribution >= 4 is 23.0 Å². The second-order valence-corrected chi connectivity index (χ2v) is 10.1. The molecule has 1 atom stereocenters. The lowest BCUT2D eigenvalue weighted by molar-refractivity contribution is 0.306. The zero-order chi connectivity index (χ0) is 14.6. The quantitative estimate of drug-likeness (QED) is 0.511. The number of hydrogen-bond acceptors (Lipinski definition) is 9. The van der Waals surface area contributed by atoms with E-state index in [1.165, 1.54) is 41.8 Å². The van der Waals surface area contributed by atoms with Crippen molar-refractivity contribution in [2.24, 2.45) is 13.5 Å². The largest absolute Gasteiger partial charge is 0.431 e. The van der Waals surface area contributed by atoms with Crippen molar-refractivity contribution in [2.75, 3.05) is 35.5 Å². The molecule has 0 fully saturated rings. The first-order valence-electron chi connectivity index (χ1n) is 4.98. The molecule has 0 radical (unpaired) electrons. The second-order valence-electron chi connectivity index (χ2n) is 2.93. The van der Waals surface area contributed by atoms with Crippen LogP contribution in [0.25, 0.3) is 0 Å². The van der Waals surface area contributed by atoms with Gasteiger partial charge in [-0.1, -0.05) is 6.58 Å². The number of nitrogens with zero attached hydrogens (tertiary/aromatic N) is 3.